The maximum atomic E-state index is 12.2. The van der Waals surface area contributed by atoms with Crippen molar-refractivity contribution in [2.24, 2.45) is 0 Å². The largest absolute Gasteiger partial charge is 0.484 e. The second-order valence-corrected chi connectivity index (χ2v) is 7.12. The smallest absolute Gasteiger partial charge is 0.411 e. The van der Waals surface area contributed by atoms with Gasteiger partial charge >= 0.3 is 12.1 Å². The van der Waals surface area contributed by atoms with Crippen molar-refractivity contribution in [3.05, 3.63) is 53.6 Å². The number of alkyl carbamates (subject to hydrolysis) is 1. The van der Waals surface area contributed by atoms with Crippen LogP contribution < -0.4 is 14.8 Å². The number of hydrogen-bond acceptors (Lipinski definition) is 6. The summed E-state index contributed by atoms with van der Waals surface area (Å²) in [6.07, 6.45) is 4.04. The van der Waals surface area contributed by atoms with E-state index in [1.165, 1.54) is 13.1 Å². The first kappa shape index (κ1) is 19.5. The molecular formula is C21H23NO6. The molecule has 1 aromatic heterocycles. The van der Waals surface area contributed by atoms with E-state index in [2.05, 4.69) is 5.32 Å². The number of esters is 1. The Balaban J connectivity index is 1.69. The molecule has 7 nitrogen and oxygen atoms in total. The van der Waals surface area contributed by atoms with Crippen molar-refractivity contribution in [2.45, 2.75) is 45.8 Å². The Morgan fingerprint density at radius 1 is 1.32 bits per heavy atom. The van der Waals surface area contributed by atoms with Gasteiger partial charge in [-0.1, -0.05) is 0 Å². The first-order valence-corrected chi connectivity index (χ1v) is 8.93. The zero-order valence-electron chi connectivity index (χ0n) is 16.3. The van der Waals surface area contributed by atoms with Gasteiger partial charge in [0.2, 0.25) is 0 Å². The minimum absolute atomic E-state index is 0.390. The Morgan fingerprint density at radius 3 is 2.79 bits per heavy atom. The number of amides is 1. The van der Waals surface area contributed by atoms with Crippen LogP contribution in [0.1, 0.15) is 37.7 Å². The highest BCUT2D eigenvalue weighted by atomic mass is 16.6. The van der Waals surface area contributed by atoms with Crippen molar-refractivity contribution >= 4 is 18.1 Å². The number of furan rings is 1. The number of benzene rings is 1. The molecule has 0 radical (unpaired) electrons. The molecule has 1 aliphatic rings. The van der Waals surface area contributed by atoms with Gasteiger partial charge in [0.1, 0.15) is 29.0 Å². The fourth-order valence-corrected chi connectivity index (χ4v) is 2.97. The molecule has 0 saturated carbocycles. The Kier molecular flexibility index (Phi) is 5.44. The fourth-order valence-electron chi connectivity index (χ4n) is 2.97. The average Bonchev–Trinajstić information content (AvgIpc) is 3.10. The molecule has 0 aliphatic carbocycles. The molecule has 1 amide bonds. The van der Waals surface area contributed by atoms with Crippen molar-refractivity contribution in [1.29, 1.82) is 0 Å². The van der Waals surface area contributed by atoms with Crippen LogP contribution in [0.25, 0.3) is 6.08 Å². The van der Waals surface area contributed by atoms with Gasteiger partial charge in [0, 0.05) is 25.6 Å². The van der Waals surface area contributed by atoms with Gasteiger partial charge in [0.25, 0.3) is 0 Å². The van der Waals surface area contributed by atoms with Crippen LogP contribution in [-0.2, 0) is 16.0 Å². The predicted octanol–water partition coefficient (Wildman–Crippen LogP) is 3.99. The van der Waals surface area contributed by atoms with E-state index < -0.39 is 23.8 Å². The van der Waals surface area contributed by atoms with Crippen LogP contribution in [0.15, 0.2) is 41.1 Å². The third-order valence-electron chi connectivity index (χ3n) is 4.41. The van der Waals surface area contributed by atoms with E-state index in [0.717, 1.165) is 11.1 Å². The number of carbonyl (C=O) groups excluding carboxylic acids is 2. The standard InChI is InChI=1S/C21H23NO6/c1-13-10-15-11-19(27-20(24)22-8-7-16-6-5-9-25-16)21(3,4)28-18(15)12-17(13)26-14(2)23/h5-10,12,19H,11H2,1-4H3,(H,22,24)/b8-7+/t19-/m0/s1. The third kappa shape index (κ3) is 4.54. The van der Waals surface area contributed by atoms with E-state index in [1.807, 2.05) is 26.8 Å². The molecule has 3 rings (SSSR count). The lowest BCUT2D eigenvalue weighted by Gasteiger charge is -2.39. The highest BCUT2D eigenvalue weighted by Crippen LogP contribution is 2.38. The molecule has 148 valence electrons. The van der Waals surface area contributed by atoms with Gasteiger partial charge in [-0.2, -0.15) is 0 Å². The first-order valence-electron chi connectivity index (χ1n) is 8.93. The Labute approximate surface area is 163 Å². The zero-order valence-corrected chi connectivity index (χ0v) is 16.3. The summed E-state index contributed by atoms with van der Waals surface area (Å²) in [5, 5.41) is 2.56. The highest BCUT2D eigenvalue weighted by molar-refractivity contribution is 5.71. The van der Waals surface area contributed by atoms with Crippen LogP contribution in [0.3, 0.4) is 0 Å². The summed E-state index contributed by atoms with van der Waals surface area (Å²) in [6.45, 7) is 6.89. The minimum Gasteiger partial charge on any atom is -0.484 e. The summed E-state index contributed by atoms with van der Waals surface area (Å²) >= 11 is 0. The van der Waals surface area contributed by atoms with Gasteiger partial charge in [0.05, 0.1) is 6.26 Å². The second kappa shape index (κ2) is 7.80. The zero-order chi connectivity index (χ0) is 20.3. The van der Waals surface area contributed by atoms with Crippen LogP contribution in [0.2, 0.25) is 0 Å². The highest BCUT2D eigenvalue weighted by Gasteiger charge is 2.40. The first-order chi connectivity index (χ1) is 13.2. The lowest BCUT2D eigenvalue weighted by Crippen LogP contribution is -2.49. The second-order valence-electron chi connectivity index (χ2n) is 7.12. The molecule has 0 saturated heterocycles. The van der Waals surface area contributed by atoms with Gasteiger partial charge < -0.3 is 18.6 Å². The number of fused-ring (bicyclic) bond motifs is 1. The lowest BCUT2D eigenvalue weighted by molar-refractivity contribution is -0.131. The summed E-state index contributed by atoms with van der Waals surface area (Å²) in [7, 11) is 0. The number of nitrogens with one attached hydrogen (secondary N) is 1. The number of carbonyl (C=O) groups is 2. The van der Waals surface area contributed by atoms with Gasteiger partial charge in [-0.3, -0.25) is 10.1 Å². The van der Waals surface area contributed by atoms with E-state index in [1.54, 1.807) is 30.5 Å². The average molecular weight is 385 g/mol. The predicted molar refractivity (Wildman–Crippen MR) is 102 cm³/mol. The summed E-state index contributed by atoms with van der Waals surface area (Å²) < 4.78 is 22.0. The summed E-state index contributed by atoms with van der Waals surface area (Å²) in [6, 6.07) is 7.11. The molecular weight excluding hydrogens is 362 g/mol. The lowest BCUT2D eigenvalue weighted by atomic mass is 9.90. The van der Waals surface area contributed by atoms with Crippen LogP contribution in [-0.4, -0.2) is 23.8 Å². The Bertz CT molecular complexity index is 898. The molecule has 1 N–H and O–H groups in total. The summed E-state index contributed by atoms with van der Waals surface area (Å²) in [4.78, 5) is 23.4. The minimum atomic E-state index is -0.752. The van der Waals surface area contributed by atoms with E-state index in [4.69, 9.17) is 18.6 Å². The molecule has 2 aromatic rings. The van der Waals surface area contributed by atoms with Crippen molar-refractivity contribution < 1.29 is 28.2 Å². The van der Waals surface area contributed by atoms with E-state index in [0.29, 0.717) is 23.7 Å². The van der Waals surface area contributed by atoms with Gasteiger partial charge in [-0.15, -0.1) is 0 Å². The van der Waals surface area contributed by atoms with Crippen LogP contribution in [0, 0.1) is 6.92 Å². The van der Waals surface area contributed by atoms with Crippen molar-refractivity contribution in [3.8, 4) is 11.5 Å². The Morgan fingerprint density at radius 2 is 2.11 bits per heavy atom. The number of aryl methyl sites for hydroxylation is 1. The quantitative estimate of drug-likeness (QED) is 0.632. The molecule has 1 aromatic carbocycles. The van der Waals surface area contributed by atoms with Crippen LogP contribution in [0.5, 0.6) is 11.5 Å². The molecule has 7 heteroatoms. The maximum Gasteiger partial charge on any atom is 0.411 e. The van der Waals surface area contributed by atoms with Gasteiger partial charge in [0.15, 0.2) is 0 Å². The molecule has 0 bridgehead atoms. The fraction of sp³-hybridized carbons (Fsp3) is 0.333. The number of ether oxygens (including phenoxy) is 3. The summed E-state index contributed by atoms with van der Waals surface area (Å²) in [5.41, 5.74) is 0.941. The van der Waals surface area contributed by atoms with Crippen LogP contribution >= 0.6 is 0 Å². The van der Waals surface area contributed by atoms with Crippen molar-refractivity contribution in [3.63, 3.8) is 0 Å². The Hall–Kier alpha value is -3.22. The molecule has 0 unspecified atom stereocenters. The van der Waals surface area contributed by atoms with Gasteiger partial charge in [-0.25, -0.2) is 4.79 Å². The SMILES string of the molecule is CC(=O)Oc1cc2c(cc1C)C[C@H](OC(=O)N/C=C/c1ccco1)C(C)(C)O2. The monoisotopic (exact) mass is 385 g/mol. The summed E-state index contributed by atoms with van der Waals surface area (Å²) in [5.74, 6) is 1.31. The molecule has 1 atom stereocenters. The molecule has 2 heterocycles. The van der Waals surface area contributed by atoms with Crippen molar-refractivity contribution in [2.75, 3.05) is 0 Å². The molecule has 1 aliphatic heterocycles. The van der Waals surface area contributed by atoms with Crippen LogP contribution in [0.4, 0.5) is 4.79 Å². The van der Waals surface area contributed by atoms with Crippen molar-refractivity contribution in [1.82, 2.24) is 5.32 Å². The molecule has 0 fully saturated rings. The van der Waals surface area contributed by atoms with E-state index >= 15 is 0 Å². The van der Waals surface area contributed by atoms with Gasteiger partial charge in [-0.05, 0) is 56.2 Å². The topological polar surface area (TPSA) is 87.0 Å². The number of hydrogen-bond donors (Lipinski definition) is 1. The maximum absolute atomic E-state index is 12.2. The molecule has 0 spiro atoms. The van der Waals surface area contributed by atoms with E-state index in [-0.39, 0.29) is 0 Å². The number of rotatable bonds is 4. The third-order valence-corrected chi connectivity index (χ3v) is 4.41. The molecule has 28 heavy (non-hydrogen) atoms. The van der Waals surface area contributed by atoms with E-state index in [9.17, 15) is 9.59 Å². The normalized spacial score (nSPS) is 17.5.